The summed E-state index contributed by atoms with van der Waals surface area (Å²) < 4.78 is 0. The van der Waals surface area contributed by atoms with E-state index in [2.05, 4.69) is 30.9 Å². The summed E-state index contributed by atoms with van der Waals surface area (Å²) in [4.78, 5) is 4.11. The van der Waals surface area contributed by atoms with Crippen molar-refractivity contribution in [2.24, 2.45) is 0 Å². The van der Waals surface area contributed by atoms with Crippen molar-refractivity contribution in [1.29, 1.82) is 0 Å². The predicted octanol–water partition coefficient (Wildman–Crippen LogP) is 0.350. The van der Waals surface area contributed by atoms with Crippen LogP contribution in [0.2, 0.25) is 0 Å². The number of nitrogens with two attached hydrogens (primary N) is 1. The lowest BCUT2D eigenvalue weighted by Gasteiger charge is -2.11. The topological polar surface area (TPSA) is 105 Å². The Morgan fingerprint density at radius 1 is 1.53 bits per heavy atom. The Balaban J connectivity index is 2.13. The number of hydrogen-bond acceptors (Lipinski definition) is 6. The number of nitrogens with one attached hydrogen (secondary N) is 2. The number of aromatic amines is 1. The van der Waals surface area contributed by atoms with Gasteiger partial charge in [0.1, 0.15) is 5.82 Å². The van der Waals surface area contributed by atoms with Gasteiger partial charge in [0.25, 0.3) is 0 Å². The molecule has 4 N–H and O–H groups in total. The normalized spacial score (nSPS) is 12.3. The molecule has 0 aliphatic carbocycles. The summed E-state index contributed by atoms with van der Waals surface area (Å²) >= 11 is 0. The first kappa shape index (κ1) is 9.38. The maximum atomic E-state index is 5.73. The number of hydrogen-bond donors (Lipinski definition) is 3. The van der Waals surface area contributed by atoms with Crippen molar-refractivity contribution in [3.63, 3.8) is 0 Å². The molecule has 0 amide bonds. The maximum Gasteiger partial charge on any atom is 0.196 e. The van der Waals surface area contributed by atoms with E-state index < -0.39 is 0 Å². The molecular weight excluding hydrogens is 194 g/mol. The number of nitrogen functional groups attached to an aromatic ring is 1. The molecule has 2 aromatic heterocycles. The van der Waals surface area contributed by atoms with Gasteiger partial charge in [0.05, 0.1) is 11.7 Å². The van der Waals surface area contributed by atoms with Gasteiger partial charge in [-0.3, -0.25) is 0 Å². The maximum absolute atomic E-state index is 5.73. The third-order valence-electron chi connectivity index (χ3n) is 1.94. The number of H-pyrrole nitrogens is 1. The van der Waals surface area contributed by atoms with Crippen LogP contribution < -0.4 is 11.1 Å². The monoisotopic (exact) mass is 205 g/mol. The second-order valence-electron chi connectivity index (χ2n) is 3.08. The van der Waals surface area contributed by atoms with Crippen LogP contribution in [0.3, 0.4) is 0 Å². The van der Waals surface area contributed by atoms with Crippen LogP contribution in [-0.2, 0) is 0 Å². The molecule has 1 atom stereocenters. The first-order chi connectivity index (χ1) is 7.27. The van der Waals surface area contributed by atoms with Gasteiger partial charge < -0.3 is 11.1 Å². The number of aromatic nitrogens is 5. The first-order valence-corrected chi connectivity index (χ1v) is 4.47. The van der Waals surface area contributed by atoms with Crippen LogP contribution in [-0.4, -0.2) is 25.6 Å². The Kier molecular flexibility index (Phi) is 2.44. The van der Waals surface area contributed by atoms with Gasteiger partial charge in [-0.1, -0.05) is 5.21 Å². The van der Waals surface area contributed by atoms with Crippen LogP contribution in [0.4, 0.5) is 11.5 Å². The van der Waals surface area contributed by atoms with Crippen LogP contribution >= 0.6 is 0 Å². The summed E-state index contributed by atoms with van der Waals surface area (Å²) in [6.07, 6.45) is 1.67. The van der Waals surface area contributed by atoms with Crippen molar-refractivity contribution in [2.45, 2.75) is 13.0 Å². The van der Waals surface area contributed by atoms with Gasteiger partial charge >= 0.3 is 0 Å². The van der Waals surface area contributed by atoms with Gasteiger partial charge in [0.15, 0.2) is 5.82 Å². The third kappa shape index (κ3) is 2.01. The Morgan fingerprint density at radius 2 is 2.40 bits per heavy atom. The van der Waals surface area contributed by atoms with E-state index in [-0.39, 0.29) is 6.04 Å². The van der Waals surface area contributed by atoms with E-state index in [4.69, 9.17) is 5.73 Å². The molecule has 2 rings (SSSR count). The molecule has 0 radical (unpaired) electrons. The predicted molar refractivity (Wildman–Crippen MR) is 54.9 cm³/mol. The lowest BCUT2D eigenvalue weighted by atomic mass is 10.3. The number of pyridine rings is 1. The average molecular weight is 205 g/mol. The fourth-order valence-corrected chi connectivity index (χ4v) is 1.16. The van der Waals surface area contributed by atoms with E-state index in [1.165, 1.54) is 0 Å². The highest BCUT2D eigenvalue weighted by Gasteiger charge is 2.11. The Bertz CT molecular complexity index is 424. The van der Waals surface area contributed by atoms with Crippen molar-refractivity contribution in [2.75, 3.05) is 11.1 Å². The van der Waals surface area contributed by atoms with Crippen molar-refractivity contribution in [3.05, 3.63) is 24.2 Å². The van der Waals surface area contributed by atoms with Crippen LogP contribution in [0.1, 0.15) is 18.8 Å². The van der Waals surface area contributed by atoms with Gasteiger partial charge in [-0.2, -0.15) is 5.21 Å². The number of anilines is 2. The SMILES string of the molecule is CC(Nc1ncccc1N)c1nn[nH]n1. The summed E-state index contributed by atoms with van der Waals surface area (Å²) in [5, 5.41) is 16.7. The van der Waals surface area contributed by atoms with Crippen molar-refractivity contribution in [1.82, 2.24) is 25.6 Å². The van der Waals surface area contributed by atoms with E-state index in [0.717, 1.165) is 0 Å². The number of nitrogens with zero attached hydrogens (tertiary/aromatic N) is 4. The van der Waals surface area contributed by atoms with Gasteiger partial charge in [0.2, 0.25) is 0 Å². The number of tetrazole rings is 1. The standard InChI is InChI=1S/C8H11N7/c1-5(7-12-14-15-13-7)11-8-6(9)3-2-4-10-8/h2-5H,9H2,1H3,(H,10,11)(H,12,13,14,15). The summed E-state index contributed by atoms with van der Waals surface area (Å²) in [7, 11) is 0. The quantitative estimate of drug-likeness (QED) is 0.667. The molecule has 0 fully saturated rings. The fraction of sp³-hybridized carbons (Fsp3) is 0.250. The molecule has 7 nitrogen and oxygen atoms in total. The molecule has 2 aromatic rings. The first-order valence-electron chi connectivity index (χ1n) is 4.47. The Morgan fingerprint density at radius 3 is 3.07 bits per heavy atom. The zero-order valence-electron chi connectivity index (χ0n) is 8.18. The van der Waals surface area contributed by atoms with Gasteiger partial charge in [0, 0.05) is 6.20 Å². The van der Waals surface area contributed by atoms with E-state index in [1.54, 1.807) is 18.3 Å². The highest BCUT2D eigenvalue weighted by atomic mass is 15.5. The van der Waals surface area contributed by atoms with Crippen molar-refractivity contribution < 1.29 is 0 Å². The zero-order chi connectivity index (χ0) is 10.7. The Hall–Kier alpha value is -2.18. The summed E-state index contributed by atoms with van der Waals surface area (Å²) in [5.41, 5.74) is 6.32. The molecule has 2 heterocycles. The zero-order valence-corrected chi connectivity index (χ0v) is 8.18. The third-order valence-corrected chi connectivity index (χ3v) is 1.94. The largest absolute Gasteiger partial charge is 0.396 e. The van der Waals surface area contributed by atoms with Gasteiger partial charge in [-0.15, -0.1) is 10.2 Å². The average Bonchev–Trinajstić information content (AvgIpc) is 2.74. The highest BCUT2D eigenvalue weighted by Crippen LogP contribution is 2.18. The lowest BCUT2D eigenvalue weighted by molar-refractivity contribution is 0.788. The molecule has 0 aliphatic heterocycles. The molecule has 0 saturated heterocycles. The van der Waals surface area contributed by atoms with Crippen molar-refractivity contribution in [3.8, 4) is 0 Å². The molecule has 0 spiro atoms. The summed E-state index contributed by atoms with van der Waals surface area (Å²) in [6.45, 7) is 1.90. The fourth-order valence-electron chi connectivity index (χ4n) is 1.16. The van der Waals surface area contributed by atoms with E-state index in [0.29, 0.717) is 17.3 Å². The van der Waals surface area contributed by atoms with E-state index in [9.17, 15) is 0 Å². The lowest BCUT2D eigenvalue weighted by Crippen LogP contribution is -2.11. The molecule has 0 bridgehead atoms. The molecule has 1 unspecified atom stereocenters. The second kappa shape index (κ2) is 3.91. The van der Waals surface area contributed by atoms with Crippen LogP contribution in [0.15, 0.2) is 18.3 Å². The molecular formula is C8H11N7. The molecule has 0 saturated carbocycles. The van der Waals surface area contributed by atoms with E-state index in [1.807, 2.05) is 6.92 Å². The molecule has 7 heteroatoms. The molecule has 0 aliphatic rings. The van der Waals surface area contributed by atoms with Crippen molar-refractivity contribution >= 4 is 11.5 Å². The Labute approximate surface area is 86.1 Å². The summed E-state index contributed by atoms with van der Waals surface area (Å²) in [5.74, 6) is 1.19. The molecule has 0 aromatic carbocycles. The number of rotatable bonds is 3. The molecule has 15 heavy (non-hydrogen) atoms. The van der Waals surface area contributed by atoms with Gasteiger partial charge in [-0.05, 0) is 19.1 Å². The minimum absolute atomic E-state index is 0.0963. The highest BCUT2D eigenvalue weighted by molar-refractivity contribution is 5.60. The minimum atomic E-state index is -0.0963. The summed E-state index contributed by atoms with van der Waals surface area (Å²) in [6, 6.07) is 3.46. The van der Waals surface area contributed by atoms with Crippen LogP contribution in [0.5, 0.6) is 0 Å². The second-order valence-corrected chi connectivity index (χ2v) is 3.08. The van der Waals surface area contributed by atoms with Crippen LogP contribution in [0.25, 0.3) is 0 Å². The van der Waals surface area contributed by atoms with Crippen LogP contribution in [0, 0.1) is 0 Å². The molecule has 78 valence electrons. The van der Waals surface area contributed by atoms with Gasteiger partial charge in [-0.25, -0.2) is 4.98 Å². The smallest absolute Gasteiger partial charge is 0.196 e. The van der Waals surface area contributed by atoms with E-state index >= 15 is 0 Å². The minimum Gasteiger partial charge on any atom is -0.396 e.